The van der Waals surface area contributed by atoms with Gasteiger partial charge in [-0.15, -0.1) is 0 Å². The van der Waals surface area contributed by atoms with Crippen molar-refractivity contribution < 1.29 is 18.5 Å². The highest BCUT2D eigenvalue weighted by molar-refractivity contribution is 7.48. The molecule has 4 nitrogen and oxygen atoms in total. The maximum absolute atomic E-state index is 14.0. The number of rotatable bonds is 8. The van der Waals surface area contributed by atoms with E-state index in [9.17, 15) is 9.46 Å². The Kier molecular flexibility index (Phi) is 9.89. The summed E-state index contributed by atoms with van der Waals surface area (Å²) < 4.78 is 26.3. The van der Waals surface area contributed by atoms with Gasteiger partial charge in [0.05, 0.1) is 0 Å². The quantitative estimate of drug-likeness (QED) is 0.192. The SMILES string of the molecule is CC(C)c1cc(C(C)C)c(-c2cccc3c2OP(=O)(O)Oc2c-3cccc2-c2c(C(C)C)cc(C(C)C)cc2C(C)C)c(C(C)C)c1. The minimum atomic E-state index is -4.60. The van der Waals surface area contributed by atoms with Gasteiger partial charge in [0.2, 0.25) is 0 Å². The molecule has 0 aromatic heterocycles. The van der Waals surface area contributed by atoms with E-state index in [1.54, 1.807) is 0 Å². The summed E-state index contributed by atoms with van der Waals surface area (Å²) in [5.74, 6) is 2.46. The fourth-order valence-electron chi connectivity index (χ4n) is 6.87. The number of hydrogen-bond acceptors (Lipinski definition) is 3. The first-order chi connectivity index (χ1) is 22.0. The number of benzene rings is 4. The van der Waals surface area contributed by atoms with Crippen molar-refractivity contribution in [2.75, 3.05) is 0 Å². The van der Waals surface area contributed by atoms with Gasteiger partial charge in [-0.2, -0.15) is 0 Å². The van der Waals surface area contributed by atoms with E-state index in [2.05, 4.69) is 107 Å². The number of phosphoric acid groups is 1. The Morgan fingerprint density at radius 3 is 1.00 bits per heavy atom. The lowest BCUT2D eigenvalue weighted by Crippen LogP contribution is -2.06. The van der Waals surface area contributed by atoms with Crippen LogP contribution in [-0.2, 0) is 4.57 Å². The zero-order valence-corrected chi connectivity index (χ0v) is 31.3. The maximum atomic E-state index is 14.0. The summed E-state index contributed by atoms with van der Waals surface area (Å²) in [6.07, 6.45) is 0. The fraction of sp³-hybridized carbons (Fsp3) is 0.429. The zero-order chi connectivity index (χ0) is 34.5. The lowest BCUT2D eigenvalue weighted by molar-refractivity contribution is 0.295. The van der Waals surface area contributed by atoms with E-state index in [-0.39, 0.29) is 23.7 Å². The molecule has 250 valence electrons. The predicted molar refractivity (Wildman–Crippen MR) is 198 cm³/mol. The van der Waals surface area contributed by atoms with E-state index in [0.717, 1.165) is 33.4 Å². The average molecular weight is 653 g/mol. The number of phosphoric ester groups is 1. The van der Waals surface area contributed by atoms with Gasteiger partial charge in [0.25, 0.3) is 0 Å². The van der Waals surface area contributed by atoms with Crippen molar-refractivity contribution in [3.8, 4) is 44.9 Å². The average Bonchev–Trinajstić information content (AvgIpc) is 3.11. The lowest BCUT2D eigenvalue weighted by atomic mass is 9.80. The maximum Gasteiger partial charge on any atom is 0.584 e. The predicted octanol–water partition coefficient (Wildman–Crippen LogP) is 13.3. The molecule has 0 fully saturated rings. The zero-order valence-electron chi connectivity index (χ0n) is 30.4. The van der Waals surface area contributed by atoms with Crippen LogP contribution in [0, 0.1) is 0 Å². The van der Waals surface area contributed by atoms with Crippen LogP contribution >= 0.6 is 7.82 Å². The number of hydrogen-bond donors (Lipinski definition) is 1. The van der Waals surface area contributed by atoms with Gasteiger partial charge in [-0.25, -0.2) is 4.57 Å². The first-order valence-electron chi connectivity index (χ1n) is 17.4. The Morgan fingerprint density at radius 2 is 0.745 bits per heavy atom. The molecular weight excluding hydrogens is 599 g/mol. The molecule has 0 atom stereocenters. The minimum absolute atomic E-state index is 0.233. The van der Waals surface area contributed by atoms with Crippen LogP contribution < -0.4 is 9.05 Å². The van der Waals surface area contributed by atoms with E-state index in [4.69, 9.17) is 9.05 Å². The molecule has 0 amide bonds. The van der Waals surface area contributed by atoms with Crippen LogP contribution in [0.15, 0.2) is 60.7 Å². The molecule has 5 heteroatoms. The van der Waals surface area contributed by atoms with Crippen molar-refractivity contribution in [2.24, 2.45) is 0 Å². The molecule has 4 aromatic rings. The molecule has 1 N–H and O–H groups in total. The van der Waals surface area contributed by atoms with Crippen molar-refractivity contribution in [3.05, 3.63) is 94.0 Å². The van der Waals surface area contributed by atoms with Crippen LogP contribution in [0.2, 0.25) is 0 Å². The highest BCUT2D eigenvalue weighted by Crippen LogP contribution is 2.59. The van der Waals surface area contributed by atoms with Gasteiger partial charge in [0.1, 0.15) is 11.5 Å². The van der Waals surface area contributed by atoms with E-state index < -0.39 is 7.82 Å². The van der Waals surface area contributed by atoms with Gasteiger partial charge in [-0.05, 0) is 80.0 Å². The van der Waals surface area contributed by atoms with Gasteiger partial charge in [-0.1, -0.05) is 144 Å². The van der Waals surface area contributed by atoms with E-state index in [1.165, 1.54) is 33.4 Å². The van der Waals surface area contributed by atoms with Crippen LogP contribution in [-0.4, -0.2) is 4.89 Å². The van der Waals surface area contributed by atoms with Crippen LogP contribution in [0.1, 0.15) is 152 Å². The van der Waals surface area contributed by atoms with Crippen LogP contribution in [0.4, 0.5) is 0 Å². The molecule has 0 aliphatic carbocycles. The third-order valence-corrected chi connectivity index (χ3v) is 10.4. The van der Waals surface area contributed by atoms with Crippen molar-refractivity contribution in [1.82, 2.24) is 0 Å². The summed E-state index contributed by atoms with van der Waals surface area (Å²) >= 11 is 0. The van der Waals surface area contributed by atoms with Gasteiger partial charge < -0.3 is 9.05 Å². The Morgan fingerprint density at radius 1 is 0.468 bits per heavy atom. The van der Waals surface area contributed by atoms with E-state index >= 15 is 0 Å². The molecule has 0 saturated heterocycles. The standard InChI is InChI=1S/C42H53O4P/c1-23(2)29-19-35(25(5)6)39(36(20-29)26(7)8)33-17-13-15-31-32-16-14-18-34(42(32)46-47(43,44)45-41(31)33)40-37(27(9)10)21-30(24(3)4)22-38(40)28(11)12/h13-28H,1-12H3,(H,43,44). The molecule has 5 rings (SSSR count). The Balaban J connectivity index is 1.87. The number of para-hydroxylation sites is 2. The molecule has 1 aliphatic rings. The summed E-state index contributed by atoms with van der Waals surface area (Å²) in [5, 5.41) is 0. The molecule has 0 radical (unpaired) electrons. The molecule has 0 spiro atoms. The van der Waals surface area contributed by atoms with Crippen molar-refractivity contribution in [2.45, 2.75) is 119 Å². The lowest BCUT2D eigenvalue weighted by Gasteiger charge is -2.25. The van der Waals surface area contributed by atoms with Gasteiger partial charge in [0.15, 0.2) is 0 Å². The Bertz CT molecular complexity index is 1650. The smallest absolute Gasteiger partial charge is 0.394 e. The molecule has 0 saturated carbocycles. The molecular formula is C42H53O4P. The van der Waals surface area contributed by atoms with E-state index in [0.29, 0.717) is 23.3 Å². The first-order valence-corrected chi connectivity index (χ1v) is 18.9. The van der Waals surface area contributed by atoms with Crippen molar-refractivity contribution >= 4 is 7.82 Å². The van der Waals surface area contributed by atoms with Crippen LogP contribution in [0.5, 0.6) is 11.5 Å². The van der Waals surface area contributed by atoms with Crippen LogP contribution in [0.3, 0.4) is 0 Å². The minimum Gasteiger partial charge on any atom is -0.394 e. The second kappa shape index (κ2) is 13.3. The summed E-state index contributed by atoms with van der Waals surface area (Å²) in [6.45, 7) is 26.6. The summed E-state index contributed by atoms with van der Waals surface area (Å²) in [4.78, 5) is 11.4. The normalized spacial score (nSPS) is 14.1. The first kappa shape index (κ1) is 35.0. The molecule has 0 unspecified atom stereocenters. The molecule has 4 aromatic carbocycles. The van der Waals surface area contributed by atoms with Crippen molar-refractivity contribution in [1.29, 1.82) is 0 Å². The third kappa shape index (κ3) is 6.70. The number of fused-ring (bicyclic) bond motifs is 3. The topological polar surface area (TPSA) is 55.8 Å². The molecule has 0 bridgehead atoms. The van der Waals surface area contributed by atoms with Crippen molar-refractivity contribution in [3.63, 3.8) is 0 Å². The second-order valence-electron chi connectivity index (χ2n) is 15.1. The Labute approximate surface area is 283 Å². The van der Waals surface area contributed by atoms with Gasteiger partial charge in [0, 0.05) is 22.3 Å². The van der Waals surface area contributed by atoms with Crippen LogP contribution in [0.25, 0.3) is 33.4 Å². The summed E-state index contributed by atoms with van der Waals surface area (Å²) in [5.41, 5.74) is 12.7. The monoisotopic (exact) mass is 652 g/mol. The largest absolute Gasteiger partial charge is 0.584 e. The summed E-state index contributed by atoms with van der Waals surface area (Å²) in [7, 11) is -4.60. The highest BCUT2D eigenvalue weighted by atomic mass is 31.2. The fourth-order valence-corrected chi connectivity index (χ4v) is 7.76. The molecule has 47 heavy (non-hydrogen) atoms. The van der Waals surface area contributed by atoms with E-state index in [1.807, 2.05) is 36.4 Å². The van der Waals surface area contributed by atoms with Gasteiger partial charge in [-0.3, -0.25) is 4.89 Å². The third-order valence-electron chi connectivity index (χ3n) is 9.54. The molecule has 1 aliphatic heterocycles. The molecule has 1 heterocycles. The van der Waals surface area contributed by atoms with Gasteiger partial charge >= 0.3 is 7.82 Å². The highest BCUT2D eigenvalue weighted by Gasteiger charge is 2.37. The Hall–Kier alpha value is -3.33. The second-order valence-corrected chi connectivity index (χ2v) is 16.4. The summed E-state index contributed by atoms with van der Waals surface area (Å²) in [6, 6.07) is 21.3.